The van der Waals surface area contributed by atoms with E-state index in [1.54, 1.807) is 12.1 Å². The number of aromatic nitrogens is 3. The van der Waals surface area contributed by atoms with E-state index in [-0.39, 0.29) is 41.6 Å². The van der Waals surface area contributed by atoms with Crippen molar-refractivity contribution in [3.63, 3.8) is 0 Å². The van der Waals surface area contributed by atoms with Gasteiger partial charge in [-0.25, -0.2) is 15.0 Å². The normalized spacial score (nSPS) is 12.0. The number of phenols is 2. The first kappa shape index (κ1) is 42.6. The zero-order valence-corrected chi connectivity index (χ0v) is 34.6. The first-order valence-corrected chi connectivity index (χ1v) is 18.1. The minimum absolute atomic E-state index is 0. The average molecular weight is 823 g/mol. The molecule has 7 aromatic rings. The van der Waals surface area contributed by atoms with Crippen molar-refractivity contribution in [2.75, 3.05) is 42.3 Å². The molecule has 292 valence electrons. The van der Waals surface area contributed by atoms with E-state index in [0.29, 0.717) is 56.2 Å². The Morgan fingerprint density at radius 3 is 1.23 bits per heavy atom. The lowest BCUT2D eigenvalue weighted by atomic mass is 10.1. The number of hydrogen-bond acceptors (Lipinski definition) is 9. The molecular weight excluding hydrogens is 781 g/mol. The number of benzene rings is 6. The van der Waals surface area contributed by atoms with Crippen molar-refractivity contribution < 1.29 is 35.0 Å². The van der Waals surface area contributed by atoms with Gasteiger partial charge in [0, 0.05) is 35.7 Å². The first-order valence-electron chi connectivity index (χ1n) is 17.8. The Morgan fingerprint density at radius 1 is 0.491 bits per heavy atom. The third kappa shape index (κ3) is 10.1. The number of rotatable bonds is 10. The van der Waals surface area contributed by atoms with Gasteiger partial charge in [0.05, 0.1) is 53.7 Å². The molecule has 14 heteroatoms. The highest BCUT2D eigenvalue weighted by atomic mass is 35.5. The van der Waals surface area contributed by atoms with Crippen LogP contribution in [-0.4, -0.2) is 67.5 Å². The van der Waals surface area contributed by atoms with E-state index in [4.69, 9.17) is 16.6 Å². The Bertz CT molecular complexity index is 2430. The Balaban J connectivity index is 0.00000310. The van der Waals surface area contributed by atoms with Crippen LogP contribution in [0, 0.1) is 0 Å². The van der Waals surface area contributed by atoms with Gasteiger partial charge in [0.2, 0.25) is 5.28 Å². The lowest BCUT2D eigenvalue weighted by Gasteiger charge is -2.23. The van der Waals surface area contributed by atoms with Crippen molar-refractivity contribution in [2.24, 2.45) is 20.5 Å². The summed E-state index contributed by atoms with van der Waals surface area (Å²) in [5.41, 5.74) is 6.25. The molecule has 0 radical (unpaired) electrons. The van der Waals surface area contributed by atoms with E-state index in [0.717, 1.165) is 44.0 Å². The summed E-state index contributed by atoms with van der Waals surface area (Å²) in [7, 11) is 12.6. The summed E-state index contributed by atoms with van der Waals surface area (Å²) in [6.07, 6.45) is 0.891. The predicted molar refractivity (Wildman–Crippen MR) is 222 cm³/mol. The van der Waals surface area contributed by atoms with Crippen LogP contribution in [0.25, 0.3) is 21.5 Å². The van der Waals surface area contributed by atoms with E-state index in [1.165, 1.54) is 0 Å². The molecule has 11 nitrogen and oxygen atoms in total. The molecule has 0 atom stereocenters. The maximum Gasteiger partial charge on any atom is 0.225 e. The minimum atomic E-state index is 0. The van der Waals surface area contributed by atoms with Gasteiger partial charge in [-0.05, 0) is 94.2 Å². The number of phenolic OH excluding ortho intramolecular Hbond substituents is 2. The Kier molecular flexibility index (Phi) is 12.9. The van der Waals surface area contributed by atoms with Crippen LogP contribution < -0.4 is 33.8 Å². The molecule has 7 rings (SSSR count). The van der Waals surface area contributed by atoms with Crippen molar-refractivity contribution in [2.45, 2.75) is 12.8 Å². The van der Waals surface area contributed by atoms with Gasteiger partial charge >= 0.3 is 0 Å². The Labute approximate surface area is 349 Å². The van der Waals surface area contributed by atoms with Gasteiger partial charge < -0.3 is 35.0 Å². The van der Waals surface area contributed by atoms with Gasteiger partial charge in [-0.1, -0.05) is 36.4 Å². The Morgan fingerprint density at radius 2 is 0.860 bits per heavy atom. The van der Waals surface area contributed by atoms with Crippen LogP contribution in [0.4, 0.5) is 34.1 Å². The van der Waals surface area contributed by atoms with Gasteiger partial charge in [0.15, 0.2) is 0 Å². The second-order valence-corrected chi connectivity index (χ2v) is 15.6. The largest absolute Gasteiger partial charge is 1.00 e. The molecule has 57 heavy (non-hydrogen) atoms. The predicted octanol–water partition coefficient (Wildman–Crippen LogP) is 4.66. The summed E-state index contributed by atoms with van der Waals surface area (Å²) in [6.45, 7) is 0. The molecule has 0 bridgehead atoms. The molecule has 0 saturated carbocycles. The van der Waals surface area contributed by atoms with E-state index in [2.05, 4.69) is 84.8 Å². The van der Waals surface area contributed by atoms with Crippen molar-refractivity contribution in [1.29, 1.82) is 0 Å². The van der Waals surface area contributed by atoms with Crippen LogP contribution in [-0.2, 0) is 12.8 Å². The van der Waals surface area contributed by atoms with Gasteiger partial charge in [0.1, 0.15) is 45.9 Å². The fourth-order valence-electron chi connectivity index (χ4n) is 6.14. The van der Waals surface area contributed by atoms with Gasteiger partial charge in [-0.3, -0.25) is 8.97 Å². The molecule has 0 unspecified atom stereocenters. The molecule has 0 spiro atoms. The maximum absolute atomic E-state index is 10.7. The molecule has 0 aliphatic heterocycles. The lowest BCUT2D eigenvalue weighted by molar-refractivity contribution is -0.001000. The highest BCUT2D eigenvalue weighted by Gasteiger charge is 2.17. The van der Waals surface area contributed by atoms with Crippen molar-refractivity contribution in [3.8, 4) is 11.5 Å². The molecule has 1 heterocycles. The van der Waals surface area contributed by atoms with Crippen LogP contribution in [0.5, 0.6) is 11.5 Å². The van der Waals surface area contributed by atoms with E-state index >= 15 is 0 Å². The molecule has 6 aromatic carbocycles. The third-order valence-corrected chi connectivity index (χ3v) is 9.46. The Hall–Kier alpha value is -5.56. The molecule has 0 amide bonds. The summed E-state index contributed by atoms with van der Waals surface area (Å²) in [4.78, 5) is 13.4. The molecular formula is C43H42Cl3N9O2. The molecule has 0 saturated heterocycles. The fourth-order valence-corrected chi connectivity index (χ4v) is 6.34. The molecule has 1 aromatic heterocycles. The standard InChI is InChI=1S/C43H40ClN9O2.2ClH/c1-52(2,3)33-19-11-29-13-21-37(54)41(35(29)25-33)50-48-31-15-7-27(8-16-31)23-39-45-40(47-43(44)46-39)24-28-9-17-32(18-10-28)49-51-42-36-26-34(53(4,5)6)20-12-30(36)14-22-38(42)55;;/h7-22,25-26H,23-24H2,1-6H3;2*1H. The number of hydrogen-bond donors (Lipinski definition) is 2. The number of nitrogens with zero attached hydrogens (tertiary/aromatic N) is 9. The van der Waals surface area contributed by atoms with Crippen LogP contribution in [0.1, 0.15) is 22.8 Å². The van der Waals surface area contributed by atoms with Crippen LogP contribution >= 0.6 is 11.6 Å². The number of fused-ring (bicyclic) bond motifs is 2. The quantitative estimate of drug-likeness (QED) is 0.153. The zero-order chi connectivity index (χ0) is 38.9. The van der Waals surface area contributed by atoms with Crippen molar-refractivity contribution >= 4 is 67.3 Å². The molecule has 0 aliphatic rings. The average Bonchev–Trinajstić information content (AvgIpc) is 3.14. The van der Waals surface area contributed by atoms with Crippen LogP contribution in [0.15, 0.2) is 130 Å². The van der Waals surface area contributed by atoms with E-state index < -0.39 is 0 Å². The van der Waals surface area contributed by atoms with Crippen molar-refractivity contribution in [1.82, 2.24) is 23.9 Å². The summed E-state index contributed by atoms with van der Waals surface area (Å²) in [6, 6.07) is 34.6. The summed E-state index contributed by atoms with van der Waals surface area (Å²) in [5, 5.41) is 42.8. The summed E-state index contributed by atoms with van der Waals surface area (Å²) in [5.74, 6) is 1.24. The second-order valence-electron chi connectivity index (χ2n) is 15.2. The highest BCUT2D eigenvalue weighted by Crippen LogP contribution is 2.40. The molecule has 0 fully saturated rings. The van der Waals surface area contributed by atoms with Crippen molar-refractivity contribution in [3.05, 3.63) is 137 Å². The number of quaternary nitrogens is 2. The van der Waals surface area contributed by atoms with E-state index in [1.807, 2.05) is 84.9 Å². The molecule has 2 N–H and O–H groups in total. The first-order chi connectivity index (χ1) is 26.2. The molecule has 0 aliphatic carbocycles. The zero-order valence-electron chi connectivity index (χ0n) is 32.4. The lowest BCUT2D eigenvalue weighted by Crippen LogP contribution is -3.00. The monoisotopic (exact) mass is 821 g/mol. The van der Waals surface area contributed by atoms with E-state index in [9.17, 15) is 10.2 Å². The number of aromatic hydroxyl groups is 2. The highest BCUT2D eigenvalue weighted by molar-refractivity contribution is 6.28. The smallest absolute Gasteiger partial charge is 0.225 e. The second kappa shape index (κ2) is 17.3. The maximum atomic E-state index is 10.7. The fraction of sp³-hybridized carbons (Fsp3) is 0.186. The topological polar surface area (TPSA) is 129 Å². The van der Waals surface area contributed by atoms with Crippen LogP contribution in [0.3, 0.4) is 0 Å². The SMILES string of the molecule is C[N+](C)(C)c1ccc2ccc(O)c(N=Nc3ccc(Cc4nc(Cl)nc(Cc5ccc(N=Nc6c(O)ccc7ccc([N+](C)(C)C)cc67)cc5)n4)cc3)c2c1.[Cl-].[Cl-]. The summed E-state index contributed by atoms with van der Waals surface area (Å²) >= 11 is 6.35. The van der Waals surface area contributed by atoms with Gasteiger partial charge in [0.25, 0.3) is 0 Å². The summed E-state index contributed by atoms with van der Waals surface area (Å²) < 4.78 is 1.27. The van der Waals surface area contributed by atoms with Gasteiger partial charge in [-0.2, -0.15) is 10.2 Å². The number of azo groups is 2. The van der Waals surface area contributed by atoms with Gasteiger partial charge in [-0.15, -0.1) is 10.2 Å². The number of halogens is 3. The minimum Gasteiger partial charge on any atom is -1.00 e. The third-order valence-electron chi connectivity index (χ3n) is 9.29. The van der Waals surface area contributed by atoms with Crippen LogP contribution in [0.2, 0.25) is 5.28 Å².